The minimum absolute atomic E-state index is 0.137. The zero-order valence-corrected chi connectivity index (χ0v) is 12.0. The summed E-state index contributed by atoms with van der Waals surface area (Å²) in [6, 6.07) is 4.29. The summed E-state index contributed by atoms with van der Waals surface area (Å²) in [6.45, 7) is 8.49. The number of nitrogens with zero attached hydrogens (tertiary/aromatic N) is 1. The summed E-state index contributed by atoms with van der Waals surface area (Å²) in [5.74, 6) is 0.886. The second-order valence-corrected chi connectivity index (χ2v) is 5.66. The number of aliphatic imine (C=N–C) groups is 1. The van der Waals surface area contributed by atoms with Crippen molar-refractivity contribution in [3.8, 4) is 0 Å². The largest absolute Gasteiger partial charge is 0.356 e. The van der Waals surface area contributed by atoms with Gasteiger partial charge in [0, 0.05) is 30.4 Å². The van der Waals surface area contributed by atoms with E-state index >= 15 is 0 Å². The molecule has 3 nitrogen and oxygen atoms in total. The van der Waals surface area contributed by atoms with Crippen LogP contribution in [0.2, 0.25) is 0 Å². The first-order valence-corrected chi connectivity index (χ1v) is 6.96. The molecule has 4 heteroatoms. The lowest BCUT2D eigenvalue weighted by molar-refractivity contribution is 0.518. The van der Waals surface area contributed by atoms with Crippen LogP contribution in [-0.2, 0) is 5.41 Å². The van der Waals surface area contributed by atoms with E-state index in [9.17, 15) is 0 Å². The Kier molecular flexibility index (Phi) is 5.48. The average Bonchev–Trinajstić information content (AvgIpc) is 2.83. The molecular formula is C13H23N3S. The van der Waals surface area contributed by atoms with E-state index in [-0.39, 0.29) is 5.41 Å². The molecule has 2 N–H and O–H groups in total. The van der Waals surface area contributed by atoms with E-state index in [4.69, 9.17) is 0 Å². The van der Waals surface area contributed by atoms with Crippen molar-refractivity contribution in [2.24, 2.45) is 4.99 Å². The first-order chi connectivity index (χ1) is 8.10. The van der Waals surface area contributed by atoms with Crippen LogP contribution >= 0.6 is 11.3 Å². The Bertz CT molecular complexity index is 342. The molecule has 1 aromatic heterocycles. The summed E-state index contributed by atoms with van der Waals surface area (Å²) in [5.41, 5.74) is 0.137. The van der Waals surface area contributed by atoms with E-state index < -0.39 is 0 Å². The van der Waals surface area contributed by atoms with Gasteiger partial charge in [0.1, 0.15) is 0 Å². The first kappa shape index (κ1) is 14.0. The van der Waals surface area contributed by atoms with E-state index in [1.165, 1.54) is 4.88 Å². The molecular weight excluding hydrogens is 230 g/mol. The van der Waals surface area contributed by atoms with E-state index in [2.05, 4.69) is 53.9 Å². The maximum Gasteiger partial charge on any atom is 0.191 e. The fourth-order valence-corrected chi connectivity index (χ4v) is 2.37. The lowest BCUT2D eigenvalue weighted by atomic mass is 9.91. The first-order valence-electron chi connectivity index (χ1n) is 6.08. The Morgan fingerprint density at radius 3 is 2.71 bits per heavy atom. The maximum atomic E-state index is 4.21. The molecule has 0 aliphatic heterocycles. The van der Waals surface area contributed by atoms with Gasteiger partial charge in [-0.05, 0) is 17.9 Å². The SMILES string of the molecule is CCCNC(=NC)NCC(C)(C)c1cccs1. The number of guanidine groups is 1. The molecule has 1 aromatic rings. The molecule has 0 radical (unpaired) electrons. The van der Waals surface area contributed by atoms with Gasteiger partial charge in [-0.25, -0.2) is 0 Å². The number of thiophene rings is 1. The predicted molar refractivity (Wildman–Crippen MR) is 77.0 cm³/mol. The number of nitrogens with one attached hydrogen (secondary N) is 2. The fraction of sp³-hybridized carbons (Fsp3) is 0.615. The van der Waals surface area contributed by atoms with Crippen LogP contribution in [-0.4, -0.2) is 26.1 Å². The van der Waals surface area contributed by atoms with Crippen LogP contribution in [0.1, 0.15) is 32.1 Å². The molecule has 17 heavy (non-hydrogen) atoms. The summed E-state index contributed by atoms with van der Waals surface area (Å²) in [7, 11) is 1.81. The number of hydrogen-bond acceptors (Lipinski definition) is 2. The van der Waals surface area contributed by atoms with E-state index in [1.807, 2.05) is 7.05 Å². The van der Waals surface area contributed by atoms with Gasteiger partial charge in [-0.2, -0.15) is 0 Å². The molecule has 0 aliphatic carbocycles. The van der Waals surface area contributed by atoms with E-state index in [0.717, 1.165) is 25.5 Å². The van der Waals surface area contributed by atoms with Crippen molar-refractivity contribution in [2.75, 3.05) is 20.1 Å². The van der Waals surface area contributed by atoms with Crippen LogP contribution in [0.4, 0.5) is 0 Å². The second-order valence-electron chi connectivity index (χ2n) is 4.71. The van der Waals surface area contributed by atoms with Crippen molar-refractivity contribution < 1.29 is 0 Å². The highest BCUT2D eigenvalue weighted by atomic mass is 32.1. The van der Waals surface area contributed by atoms with Gasteiger partial charge in [-0.15, -0.1) is 11.3 Å². The molecule has 0 saturated carbocycles. The van der Waals surface area contributed by atoms with Gasteiger partial charge < -0.3 is 10.6 Å². The molecule has 0 unspecified atom stereocenters. The fourth-order valence-electron chi connectivity index (χ4n) is 1.52. The predicted octanol–water partition coefficient (Wildman–Crippen LogP) is 2.60. The van der Waals surface area contributed by atoms with Crippen LogP contribution in [0, 0.1) is 0 Å². The van der Waals surface area contributed by atoms with Gasteiger partial charge in [0.05, 0.1) is 0 Å². The molecule has 0 atom stereocenters. The number of hydrogen-bond donors (Lipinski definition) is 2. The zero-order chi connectivity index (χ0) is 12.7. The monoisotopic (exact) mass is 253 g/mol. The maximum absolute atomic E-state index is 4.21. The van der Waals surface area contributed by atoms with Crippen LogP contribution in [0.5, 0.6) is 0 Å². The molecule has 1 heterocycles. The minimum Gasteiger partial charge on any atom is -0.356 e. The highest BCUT2D eigenvalue weighted by molar-refractivity contribution is 7.10. The molecule has 0 aliphatic rings. The molecule has 0 amide bonds. The van der Waals surface area contributed by atoms with Crippen LogP contribution in [0.25, 0.3) is 0 Å². The van der Waals surface area contributed by atoms with Crippen molar-refractivity contribution in [2.45, 2.75) is 32.6 Å². The third-order valence-electron chi connectivity index (χ3n) is 2.65. The Labute approximate surface area is 108 Å². The number of rotatable bonds is 5. The molecule has 0 spiro atoms. The quantitative estimate of drug-likeness (QED) is 0.625. The van der Waals surface area contributed by atoms with Gasteiger partial charge in [0.2, 0.25) is 0 Å². The van der Waals surface area contributed by atoms with Gasteiger partial charge in [-0.3, -0.25) is 4.99 Å². The summed E-state index contributed by atoms with van der Waals surface area (Å²) in [6.07, 6.45) is 1.11. The van der Waals surface area contributed by atoms with Crippen LogP contribution < -0.4 is 10.6 Å². The summed E-state index contributed by atoms with van der Waals surface area (Å²) in [5, 5.41) is 8.78. The Morgan fingerprint density at radius 2 is 2.18 bits per heavy atom. The highest BCUT2D eigenvalue weighted by Gasteiger charge is 2.21. The summed E-state index contributed by atoms with van der Waals surface area (Å²) in [4.78, 5) is 5.61. The highest BCUT2D eigenvalue weighted by Crippen LogP contribution is 2.26. The van der Waals surface area contributed by atoms with Crippen LogP contribution in [0.3, 0.4) is 0 Å². The summed E-state index contributed by atoms with van der Waals surface area (Å²) < 4.78 is 0. The van der Waals surface area contributed by atoms with Gasteiger partial charge >= 0.3 is 0 Å². The van der Waals surface area contributed by atoms with Crippen LogP contribution in [0.15, 0.2) is 22.5 Å². The third-order valence-corrected chi connectivity index (χ3v) is 3.89. The van der Waals surface area contributed by atoms with Gasteiger partial charge in [0.25, 0.3) is 0 Å². The average molecular weight is 253 g/mol. The molecule has 1 rings (SSSR count). The van der Waals surface area contributed by atoms with Crippen molar-refractivity contribution in [3.63, 3.8) is 0 Å². The zero-order valence-electron chi connectivity index (χ0n) is 11.2. The Balaban J connectivity index is 2.49. The lowest BCUT2D eigenvalue weighted by Crippen LogP contribution is -2.43. The van der Waals surface area contributed by atoms with Crippen molar-refractivity contribution in [1.82, 2.24) is 10.6 Å². The Morgan fingerprint density at radius 1 is 1.41 bits per heavy atom. The standard InChI is InChI=1S/C13H23N3S/c1-5-8-15-12(14-4)16-10-13(2,3)11-7-6-9-17-11/h6-7,9H,5,8,10H2,1-4H3,(H2,14,15,16). The molecule has 96 valence electrons. The smallest absolute Gasteiger partial charge is 0.191 e. The minimum atomic E-state index is 0.137. The van der Waals surface area contributed by atoms with Crippen molar-refractivity contribution in [3.05, 3.63) is 22.4 Å². The second kappa shape index (κ2) is 6.64. The topological polar surface area (TPSA) is 36.4 Å². The van der Waals surface area contributed by atoms with Gasteiger partial charge in [0.15, 0.2) is 5.96 Å². The van der Waals surface area contributed by atoms with E-state index in [1.54, 1.807) is 11.3 Å². The van der Waals surface area contributed by atoms with Crippen molar-refractivity contribution in [1.29, 1.82) is 0 Å². The lowest BCUT2D eigenvalue weighted by Gasteiger charge is -2.25. The summed E-state index contributed by atoms with van der Waals surface area (Å²) >= 11 is 1.81. The molecule has 0 saturated heterocycles. The molecule has 0 aromatic carbocycles. The normalized spacial score (nSPS) is 12.6. The molecule has 0 fully saturated rings. The Hall–Kier alpha value is -1.03. The van der Waals surface area contributed by atoms with E-state index in [0.29, 0.717) is 0 Å². The third kappa shape index (κ3) is 4.38. The van der Waals surface area contributed by atoms with Crippen molar-refractivity contribution >= 4 is 17.3 Å². The van der Waals surface area contributed by atoms with Gasteiger partial charge in [-0.1, -0.05) is 26.8 Å². The molecule has 0 bridgehead atoms.